The lowest BCUT2D eigenvalue weighted by molar-refractivity contribution is 0.112. The molecule has 1 aromatic heterocycles. The van der Waals surface area contributed by atoms with Gasteiger partial charge in [-0.3, -0.25) is 9.36 Å². The lowest BCUT2D eigenvalue weighted by atomic mass is 10.1. The maximum atomic E-state index is 12.3. The Morgan fingerprint density at radius 3 is 2.95 bits per heavy atom. The van der Waals surface area contributed by atoms with Crippen LogP contribution in [0.15, 0.2) is 23.0 Å². The van der Waals surface area contributed by atoms with Crippen LogP contribution in [0.1, 0.15) is 34.6 Å². The molecule has 3 rings (SSSR count). The van der Waals surface area contributed by atoms with Crippen LogP contribution < -0.4 is 10.4 Å². The van der Waals surface area contributed by atoms with Crippen molar-refractivity contribution in [2.45, 2.75) is 32.4 Å². The molecule has 1 aromatic carbocycles. The molecule has 0 N–H and O–H groups in total. The SMILES string of the molecule is COc1ccc(C=O)cc1Cn1nc2n(c1=O)CCCC2. The number of fused-ring (bicyclic) bond motifs is 1. The van der Waals surface area contributed by atoms with Crippen LogP contribution >= 0.6 is 0 Å². The number of hydrogen-bond acceptors (Lipinski definition) is 4. The number of carbonyl (C=O) groups excluding carboxylic acids is 1. The van der Waals surface area contributed by atoms with Gasteiger partial charge in [0.1, 0.15) is 17.9 Å². The maximum Gasteiger partial charge on any atom is 0.346 e. The summed E-state index contributed by atoms with van der Waals surface area (Å²) in [7, 11) is 1.57. The van der Waals surface area contributed by atoms with E-state index < -0.39 is 0 Å². The first-order valence-corrected chi connectivity index (χ1v) is 7.01. The zero-order valence-corrected chi connectivity index (χ0v) is 11.9. The summed E-state index contributed by atoms with van der Waals surface area (Å²) in [6.45, 7) is 1.05. The zero-order valence-electron chi connectivity index (χ0n) is 11.9. The van der Waals surface area contributed by atoms with Crippen LogP contribution in [0.25, 0.3) is 0 Å². The van der Waals surface area contributed by atoms with E-state index in [9.17, 15) is 9.59 Å². The van der Waals surface area contributed by atoms with Crippen molar-refractivity contribution in [3.8, 4) is 5.75 Å². The van der Waals surface area contributed by atoms with Gasteiger partial charge in [-0.25, -0.2) is 9.48 Å². The third kappa shape index (κ3) is 2.49. The molecule has 0 radical (unpaired) electrons. The van der Waals surface area contributed by atoms with E-state index in [0.29, 0.717) is 17.9 Å². The molecule has 21 heavy (non-hydrogen) atoms. The predicted molar refractivity (Wildman–Crippen MR) is 76.9 cm³/mol. The summed E-state index contributed by atoms with van der Waals surface area (Å²) in [6.07, 6.45) is 3.71. The Balaban J connectivity index is 1.98. The van der Waals surface area contributed by atoms with Crippen molar-refractivity contribution in [1.82, 2.24) is 14.3 Å². The van der Waals surface area contributed by atoms with Crippen LogP contribution in [0.5, 0.6) is 5.75 Å². The number of carbonyl (C=O) groups is 1. The third-order valence-corrected chi connectivity index (χ3v) is 3.79. The van der Waals surface area contributed by atoms with Gasteiger partial charge < -0.3 is 4.74 Å². The molecule has 0 aliphatic carbocycles. The molecule has 0 saturated heterocycles. The fourth-order valence-corrected chi connectivity index (χ4v) is 2.71. The van der Waals surface area contributed by atoms with Crippen molar-refractivity contribution in [2.75, 3.05) is 7.11 Å². The molecule has 0 atom stereocenters. The van der Waals surface area contributed by atoms with Crippen molar-refractivity contribution in [1.29, 1.82) is 0 Å². The summed E-state index contributed by atoms with van der Waals surface area (Å²) in [5.74, 6) is 1.50. The van der Waals surface area contributed by atoms with Gasteiger partial charge in [-0.2, -0.15) is 5.10 Å². The summed E-state index contributed by atoms with van der Waals surface area (Å²) >= 11 is 0. The minimum absolute atomic E-state index is 0.0942. The maximum absolute atomic E-state index is 12.3. The molecule has 0 saturated carbocycles. The molecule has 1 aliphatic heterocycles. The van der Waals surface area contributed by atoms with Crippen molar-refractivity contribution in [2.24, 2.45) is 0 Å². The van der Waals surface area contributed by atoms with Gasteiger partial charge in [0, 0.05) is 24.1 Å². The van der Waals surface area contributed by atoms with Crippen LogP contribution in [0.2, 0.25) is 0 Å². The number of nitrogens with zero attached hydrogens (tertiary/aromatic N) is 3. The molecule has 6 nitrogen and oxygen atoms in total. The summed E-state index contributed by atoms with van der Waals surface area (Å²) < 4.78 is 8.48. The number of methoxy groups -OCH3 is 1. The Morgan fingerprint density at radius 1 is 1.38 bits per heavy atom. The van der Waals surface area contributed by atoms with E-state index >= 15 is 0 Å². The average Bonchev–Trinajstić information content (AvgIpc) is 2.84. The fraction of sp³-hybridized carbons (Fsp3) is 0.400. The minimum atomic E-state index is -0.0942. The number of aryl methyl sites for hydroxylation is 1. The van der Waals surface area contributed by atoms with E-state index in [0.717, 1.165) is 43.5 Å². The highest BCUT2D eigenvalue weighted by Gasteiger charge is 2.17. The van der Waals surface area contributed by atoms with Gasteiger partial charge in [0.2, 0.25) is 0 Å². The molecule has 0 unspecified atom stereocenters. The van der Waals surface area contributed by atoms with Gasteiger partial charge in [0.25, 0.3) is 0 Å². The quantitative estimate of drug-likeness (QED) is 0.794. The second-order valence-electron chi connectivity index (χ2n) is 5.15. The Kier molecular flexibility index (Phi) is 3.60. The molecule has 0 amide bonds. The molecule has 110 valence electrons. The highest BCUT2D eigenvalue weighted by molar-refractivity contribution is 5.75. The van der Waals surface area contributed by atoms with Gasteiger partial charge in [0.15, 0.2) is 0 Å². The van der Waals surface area contributed by atoms with Crippen LogP contribution in [0, 0.1) is 0 Å². The molecule has 0 bridgehead atoms. The second kappa shape index (κ2) is 5.55. The smallest absolute Gasteiger partial charge is 0.346 e. The lowest BCUT2D eigenvalue weighted by Crippen LogP contribution is -2.27. The van der Waals surface area contributed by atoms with E-state index in [4.69, 9.17) is 4.74 Å². The molecule has 0 spiro atoms. The molecule has 6 heteroatoms. The largest absolute Gasteiger partial charge is 0.496 e. The highest BCUT2D eigenvalue weighted by Crippen LogP contribution is 2.20. The molecular weight excluding hydrogens is 270 g/mol. The van der Waals surface area contributed by atoms with Gasteiger partial charge in [-0.15, -0.1) is 0 Å². The molecule has 2 aromatic rings. The molecule has 0 fully saturated rings. The Morgan fingerprint density at radius 2 is 2.24 bits per heavy atom. The molecule has 1 aliphatic rings. The van der Waals surface area contributed by atoms with Gasteiger partial charge >= 0.3 is 5.69 Å². The number of benzene rings is 1. The third-order valence-electron chi connectivity index (χ3n) is 3.79. The Labute approximate surface area is 122 Å². The monoisotopic (exact) mass is 287 g/mol. The highest BCUT2D eigenvalue weighted by atomic mass is 16.5. The number of rotatable bonds is 4. The van der Waals surface area contributed by atoms with Crippen molar-refractivity contribution >= 4 is 6.29 Å². The normalized spacial score (nSPS) is 13.8. The summed E-state index contributed by atoms with van der Waals surface area (Å²) in [5.41, 5.74) is 1.24. The Hall–Kier alpha value is -2.37. The van der Waals surface area contributed by atoms with Crippen LogP contribution in [-0.4, -0.2) is 27.7 Å². The number of aromatic nitrogens is 3. The van der Waals surface area contributed by atoms with Crippen molar-refractivity contribution in [3.63, 3.8) is 0 Å². The van der Waals surface area contributed by atoms with Crippen LogP contribution in [0.3, 0.4) is 0 Å². The number of ether oxygens (including phenoxy) is 1. The lowest BCUT2D eigenvalue weighted by Gasteiger charge is -2.09. The first-order valence-electron chi connectivity index (χ1n) is 7.01. The van der Waals surface area contributed by atoms with E-state index in [1.165, 1.54) is 4.68 Å². The van der Waals surface area contributed by atoms with Crippen molar-refractivity contribution < 1.29 is 9.53 Å². The van der Waals surface area contributed by atoms with E-state index in [1.807, 2.05) is 0 Å². The number of hydrogen-bond donors (Lipinski definition) is 0. The van der Waals surface area contributed by atoms with Gasteiger partial charge in [-0.1, -0.05) is 0 Å². The van der Waals surface area contributed by atoms with E-state index in [1.54, 1.807) is 29.9 Å². The minimum Gasteiger partial charge on any atom is -0.496 e. The summed E-state index contributed by atoms with van der Waals surface area (Å²) in [4.78, 5) is 23.2. The fourth-order valence-electron chi connectivity index (χ4n) is 2.71. The summed E-state index contributed by atoms with van der Waals surface area (Å²) in [5, 5.41) is 4.40. The molecule has 2 heterocycles. The van der Waals surface area contributed by atoms with Gasteiger partial charge in [-0.05, 0) is 31.0 Å². The molecular formula is C15H17N3O3. The first-order chi connectivity index (χ1) is 10.2. The first kappa shape index (κ1) is 13.6. The van der Waals surface area contributed by atoms with Crippen molar-refractivity contribution in [3.05, 3.63) is 45.6 Å². The van der Waals surface area contributed by atoms with Crippen LogP contribution in [-0.2, 0) is 19.5 Å². The van der Waals surface area contributed by atoms with Gasteiger partial charge in [0.05, 0.1) is 13.7 Å². The topological polar surface area (TPSA) is 66.1 Å². The summed E-state index contributed by atoms with van der Waals surface area (Å²) in [6, 6.07) is 5.16. The standard InChI is InChI=1S/C15H17N3O3/c1-21-13-6-5-11(10-19)8-12(13)9-18-15(20)17-7-3-2-4-14(17)16-18/h5-6,8,10H,2-4,7,9H2,1H3. The van der Waals surface area contributed by atoms with E-state index in [-0.39, 0.29) is 5.69 Å². The van der Waals surface area contributed by atoms with E-state index in [2.05, 4.69) is 5.10 Å². The predicted octanol–water partition coefficient (Wildman–Crippen LogP) is 1.25. The number of aldehydes is 1. The zero-order chi connectivity index (χ0) is 14.8. The Bertz CT molecular complexity index is 730. The van der Waals surface area contributed by atoms with Crippen LogP contribution in [0.4, 0.5) is 0 Å². The average molecular weight is 287 g/mol. The second-order valence-corrected chi connectivity index (χ2v) is 5.15.